The van der Waals surface area contributed by atoms with Gasteiger partial charge in [-0.2, -0.15) is 13.2 Å². The molecule has 0 N–H and O–H groups in total. The monoisotopic (exact) mass is 333 g/mol. The number of benzene rings is 2. The zero-order valence-corrected chi connectivity index (χ0v) is 11.8. The molecule has 110 valence electrons. The highest BCUT2D eigenvalue weighted by atomic mass is 35.5. The van der Waals surface area contributed by atoms with Gasteiger partial charge in [-0.3, -0.25) is 10.1 Å². The van der Waals surface area contributed by atoms with Gasteiger partial charge in [-0.25, -0.2) is 0 Å². The lowest BCUT2D eigenvalue weighted by atomic mass is 10.2. The molecular weight excluding hydrogens is 327 g/mol. The summed E-state index contributed by atoms with van der Waals surface area (Å²) < 4.78 is 39.0. The number of hydrogen-bond donors (Lipinski definition) is 0. The van der Waals surface area contributed by atoms with Crippen molar-refractivity contribution >= 4 is 29.1 Å². The predicted molar refractivity (Wildman–Crippen MR) is 73.7 cm³/mol. The first-order chi connectivity index (χ1) is 9.77. The van der Waals surface area contributed by atoms with Crippen LogP contribution in [0.15, 0.2) is 52.3 Å². The molecule has 2 aromatic rings. The van der Waals surface area contributed by atoms with E-state index in [9.17, 15) is 23.3 Å². The first-order valence-electron chi connectivity index (χ1n) is 5.56. The fraction of sp³-hybridized carbons (Fsp3) is 0.0769. The Morgan fingerprint density at radius 2 is 1.71 bits per heavy atom. The first kappa shape index (κ1) is 15.7. The van der Waals surface area contributed by atoms with E-state index in [1.807, 2.05) is 0 Å². The molecule has 0 aliphatic carbocycles. The average molecular weight is 334 g/mol. The van der Waals surface area contributed by atoms with Crippen molar-refractivity contribution in [2.45, 2.75) is 16.0 Å². The fourth-order valence-corrected chi connectivity index (χ4v) is 2.64. The topological polar surface area (TPSA) is 43.1 Å². The van der Waals surface area contributed by atoms with Crippen LogP contribution in [0.5, 0.6) is 0 Å². The summed E-state index contributed by atoms with van der Waals surface area (Å²) in [6, 6.07) is 8.96. The van der Waals surface area contributed by atoms with Gasteiger partial charge in [0.15, 0.2) is 0 Å². The van der Waals surface area contributed by atoms with Gasteiger partial charge in [0.05, 0.1) is 10.5 Å². The zero-order valence-electron chi connectivity index (χ0n) is 10.2. The number of nitrogens with zero attached hydrogens (tertiary/aromatic N) is 1. The van der Waals surface area contributed by atoms with Gasteiger partial charge in [-0.15, -0.1) is 0 Å². The summed E-state index contributed by atoms with van der Waals surface area (Å²) in [6.07, 6.45) is -4.67. The van der Waals surface area contributed by atoms with Crippen LogP contribution >= 0.6 is 23.4 Å². The van der Waals surface area contributed by atoms with Crippen LogP contribution in [-0.2, 0) is 6.18 Å². The molecule has 21 heavy (non-hydrogen) atoms. The number of non-ortho nitro benzene ring substituents is 1. The molecule has 8 heteroatoms. The van der Waals surface area contributed by atoms with Crippen molar-refractivity contribution in [3.05, 3.63) is 63.2 Å². The van der Waals surface area contributed by atoms with E-state index in [0.29, 0.717) is 16.0 Å². The van der Waals surface area contributed by atoms with E-state index in [-0.39, 0.29) is 4.90 Å². The smallest absolute Gasteiger partial charge is 0.258 e. The highest BCUT2D eigenvalue weighted by Crippen LogP contribution is 2.41. The van der Waals surface area contributed by atoms with E-state index in [1.165, 1.54) is 0 Å². The molecule has 0 bridgehead atoms. The minimum absolute atomic E-state index is 0.101. The molecule has 0 aliphatic rings. The lowest BCUT2D eigenvalue weighted by Crippen LogP contribution is -2.07. The Labute approximate surface area is 126 Å². The van der Waals surface area contributed by atoms with Crippen LogP contribution in [0.4, 0.5) is 18.9 Å². The van der Waals surface area contributed by atoms with Gasteiger partial charge >= 0.3 is 6.18 Å². The molecule has 0 amide bonds. The quantitative estimate of drug-likeness (QED) is 0.556. The molecule has 0 unspecified atom stereocenters. The molecule has 0 fully saturated rings. The summed E-state index contributed by atoms with van der Waals surface area (Å²) in [7, 11) is 0. The number of hydrogen-bond acceptors (Lipinski definition) is 3. The number of rotatable bonds is 3. The highest BCUT2D eigenvalue weighted by molar-refractivity contribution is 7.99. The van der Waals surface area contributed by atoms with E-state index in [2.05, 4.69) is 0 Å². The molecule has 2 rings (SSSR count). The second-order valence-electron chi connectivity index (χ2n) is 3.99. The Kier molecular flexibility index (Phi) is 4.43. The normalized spacial score (nSPS) is 11.4. The Morgan fingerprint density at radius 1 is 1.10 bits per heavy atom. The van der Waals surface area contributed by atoms with Crippen LogP contribution in [0.1, 0.15) is 5.56 Å². The van der Waals surface area contributed by atoms with E-state index in [1.54, 1.807) is 24.3 Å². The summed E-state index contributed by atoms with van der Waals surface area (Å²) in [5, 5.41) is 11.1. The van der Waals surface area contributed by atoms with Crippen molar-refractivity contribution in [2.75, 3.05) is 0 Å². The second-order valence-corrected chi connectivity index (χ2v) is 5.54. The number of halogens is 4. The third-order valence-corrected chi connectivity index (χ3v) is 3.86. The molecular formula is C13H7ClF3NO2S. The third-order valence-electron chi connectivity index (χ3n) is 2.52. The first-order valence-corrected chi connectivity index (χ1v) is 6.76. The van der Waals surface area contributed by atoms with Crippen LogP contribution in [0, 0.1) is 10.1 Å². The van der Waals surface area contributed by atoms with E-state index >= 15 is 0 Å². The van der Waals surface area contributed by atoms with E-state index in [4.69, 9.17) is 11.6 Å². The fourth-order valence-electron chi connectivity index (χ4n) is 1.57. The molecule has 0 aromatic heterocycles. The van der Waals surface area contributed by atoms with Gasteiger partial charge in [-0.05, 0) is 30.3 Å². The van der Waals surface area contributed by atoms with Crippen molar-refractivity contribution in [1.82, 2.24) is 0 Å². The summed E-state index contributed by atoms with van der Waals surface area (Å²) in [6.45, 7) is 0. The third kappa shape index (κ3) is 3.89. The number of nitro groups is 1. The van der Waals surface area contributed by atoms with Gasteiger partial charge in [0, 0.05) is 26.9 Å². The van der Waals surface area contributed by atoms with E-state index < -0.39 is 22.4 Å². The minimum Gasteiger partial charge on any atom is -0.258 e. The van der Waals surface area contributed by atoms with Gasteiger partial charge < -0.3 is 0 Å². The molecule has 0 radical (unpaired) electrons. The van der Waals surface area contributed by atoms with Crippen LogP contribution in [0.2, 0.25) is 5.02 Å². The van der Waals surface area contributed by atoms with Crippen molar-refractivity contribution in [3.63, 3.8) is 0 Å². The Hall–Kier alpha value is -1.73. The van der Waals surface area contributed by atoms with Crippen LogP contribution < -0.4 is 0 Å². The number of nitro benzene ring substituents is 1. The molecule has 0 heterocycles. The molecule has 0 aliphatic heterocycles. The zero-order chi connectivity index (χ0) is 15.6. The maximum Gasteiger partial charge on any atom is 0.417 e. The van der Waals surface area contributed by atoms with Crippen LogP contribution in [0.3, 0.4) is 0 Å². The maximum atomic E-state index is 13.0. The summed E-state index contributed by atoms with van der Waals surface area (Å²) in [5.41, 5.74) is -1.63. The number of alkyl halides is 3. The SMILES string of the molecule is O=[N+]([O-])c1ccc(Sc2ccc(Cl)cc2)c(C(F)(F)F)c1. The molecule has 0 atom stereocenters. The molecule has 0 spiro atoms. The second kappa shape index (κ2) is 5.95. The maximum absolute atomic E-state index is 13.0. The summed E-state index contributed by atoms with van der Waals surface area (Å²) in [4.78, 5) is 10.2. The van der Waals surface area contributed by atoms with Gasteiger partial charge in [0.1, 0.15) is 0 Å². The summed E-state index contributed by atoms with van der Waals surface area (Å²) >= 11 is 6.58. The standard InChI is InChI=1S/C13H7ClF3NO2S/c14-8-1-4-10(5-2-8)21-12-6-3-9(18(19)20)7-11(12)13(15,16)17/h1-7H. The lowest BCUT2D eigenvalue weighted by Gasteiger charge is -2.12. The Balaban J connectivity index is 2.43. The Morgan fingerprint density at radius 3 is 2.24 bits per heavy atom. The van der Waals surface area contributed by atoms with Gasteiger partial charge in [0.25, 0.3) is 5.69 Å². The molecule has 0 saturated carbocycles. The van der Waals surface area contributed by atoms with Crippen LogP contribution in [0.25, 0.3) is 0 Å². The van der Waals surface area contributed by atoms with Crippen LogP contribution in [-0.4, -0.2) is 4.92 Å². The molecule has 2 aromatic carbocycles. The highest BCUT2D eigenvalue weighted by Gasteiger charge is 2.35. The minimum atomic E-state index is -4.67. The largest absolute Gasteiger partial charge is 0.417 e. The Bertz CT molecular complexity index is 674. The van der Waals surface area contributed by atoms with Gasteiger partial charge in [0.2, 0.25) is 0 Å². The molecule has 0 saturated heterocycles. The van der Waals surface area contributed by atoms with Gasteiger partial charge in [-0.1, -0.05) is 23.4 Å². The van der Waals surface area contributed by atoms with Crippen molar-refractivity contribution in [3.8, 4) is 0 Å². The molecule has 3 nitrogen and oxygen atoms in total. The lowest BCUT2D eigenvalue weighted by molar-refractivity contribution is -0.385. The van der Waals surface area contributed by atoms with Crippen molar-refractivity contribution in [2.24, 2.45) is 0 Å². The summed E-state index contributed by atoms with van der Waals surface area (Å²) in [5.74, 6) is 0. The van der Waals surface area contributed by atoms with Crippen molar-refractivity contribution in [1.29, 1.82) is 0 Å². The predicted octanol–water partition coefficient (Wildman–Crippen LogP) is 5.42. The average Bonchev–Trinajstić information content (AvgIpc) is 2.40. The van der Waals surface area contributed by atoms with Crippen molar-refractivity contribution < 1.29 is 18.1 Å². The van der Waals surface area contributed by atoms with E-state index in [0.717, 1.165) is 23.9 Å².